The molecular formula is C24H27ClN2O2. The van der Waals surface area contributed by atoms with Crippen LogP contribution in [0.3, 0.4) is 0 Å². The van der Waals surface area contributed by atoms with Crippen molar-refractivity contribution in [2.45, 2.75) is 46.8 Å². The summed E-state index contributed by atoms with van der Waals surface area (Å²) in [6.45, 7) is 7.83. The Balaban J connectivity index is 1.79. The van der Waals surface area contributed by atoms with Crippen molar-refractivity contribution in [3.63, 3.8) is 0 Å². The first-order chi connectivity index (χ1) is 13.9. The molecule has 4 nitrogen and oxygen atoms in total. The molecule has 29 heavy (non-hydrogen) atoms. The molecule has 0 fully saturated rings. The lowest BCUT2D eigenvalue weighted by molar-refractivity contribution is 0.0694. The quantitative estimate of drug-likeness (QED) is 0.525. The second kappa shape index (κ2) is 9.29. The molecule has 0 aliphatic heterocycles. The van der Waals surface area contributed by atoms with Gasteiger partial charge in [-0.3, -0.25) is 0 Å². The minimum absolute atomic E-state index is 0.394. The zero-order valence-electron chi connectivity index (χ0n) is 17.1. The molecule has 0 aliphatic carbocycles. The molecule has 3 aromatic rings. The number of aryl methyl sites for hydroxylation is 1. The fourth-order valence-corrected chi connectivity index (χ4v) is 3.81. The summed E-state index contributed by atoms with van der Waals surface area (Å²) in [6, 6.07) is 16.2. The van der Waals surface area contributed by atoms with Crippen molar-refractivity contribution >= 4 is 17.6 Å². The second-order valence-electron chi connectivity index (χ2n) is 7.32. The maximum absolute atomic E-state index is 12.0. The fraction of sp³-hybridized carbons (Fsp3) is 0.292. The van der Waals surface area contributed by atoms with Gasteiger partial charge in [0.05, 0.1) is 5.56 Å². The standard InChI is InChI=1S/C24H27ClN2O2/c1-4-18-5-7-19(8-6-18)13-26-14-22-16(2)27(17(3)23(22)24(28)29)15-20-9-11-21(25)12-10-20/h5-12,26H,4,13-15H2,1-3H3,(H,28,29). The van der Waals surface area contributed by atoms with Crippen LogP contribution in [0.15, 0.2) is 48.5 Å². The maximum Gasteiger partial charge on any atom is 0.337 e. The summed E-state index contributed by atoms with van der Waals surface area (Å²) in [6.07, 6.45) is 1.02. The SMILES string of the molecule is CCc1ccc(CNCc2c(C(=O)O)c(C)n(Cc3ccc(Cl)cc3)c2C)cc1. The molecule has 0 radical (unpaired) electrons. The second-order valence-corrected chi connectivity index (χ2v) is 7.75. The van der Waals surface area contributed by atoms with E-state index in [1.54, 1.807) is 0 Å². The van der Waals surface area contributed by atoms with Crippen LogP contribution in [0, 0.1) is 13.8 Å². The van der Waals surface area contributed by atoms with Gasteiger partial charge in [0.2, 0.25) is 0 Å². The highest BCUT2D eigenvalue weighted by Crippen LogP contribution is 2.24. The molecule has 5 heteroatoms. The lowest BCUT2D eigenvalue weighted by Crippen LogP contribution is -2.15. The largest absolute Gasteiger partial charge is 0.478 e. The van der Waals surface area contributed by atoms with Gasteiger partial charge in [0.25, 0.3) is 0 Å². The predicted molar refractivity (Wildman–Crippen MR) is 118 cm³/mol. The number of aromatic carboxylic acids is 1. The summed E-state index contributed by atoms with van der Waals surface area (Å²) in [5, 5.41) is 13.9. The summed E-state index contributed by atoms with van der Waals surface area (Å²) >= 11 is 5.98. The number of halogens is 1. The molecule has 0 saturated heterocycles. The summed E-state index contributed by atoms with van der Waals surface area (Å²) < 4.78 is 2.07. The third kappa shape index (κ3) is 4.89. The van der Waals surface area contributed by atoms with Gasteiger partial charge in [-0.2, -0.15) is 0 Å². The van der Waals surface area contributed by atoms with Crippen LogP contribution in [0.5, 0.6) is 0 Å². The van der Waals surface area contributed by atoms with Crippen LogP contribution in [-0.2, 0) is 26.1 Å². The smallest absolute Gasteiger partial charge is 0.337 e. The van der Waals surface area contributed by atoms with E-state index in [0.717, 1.165) is 28.9 Å². The highest BCUT2D eigenvalue weighted by molar-refractivity contribution is 6.30. The molecule has 1 heterocycles. The molecule has 152 valence electrons. The minimum Gasteiger partial charge on any atom is -0.478 e. The van der Waals surface area contributed by atoms with Crippen LogP contribution in [0.25, 0.3) is 0 Å². The lowest BCUT2D eigenvalue weighted by Gasteiger charge is -2.11. The van der Waals surface area contributed by atoms with Crippen molar-refractivity contribution in [3.05, 3.63) is 92.8 Å². The molecule has 2 aromatic carbocycles. The molecule has 0 bridgehead atoms. The van der Waals surface area contributed by atoms with Crippen molar-refractivity contribution < 1.29 is 9.90 Å². The van der Waals surface area contributed by atoms with Crippen LogP contribution in [0.1, 0.15) is 50.9 Å². The van der Waals surface area contributed by atoms with Gasteiger partial charge in [-0.15, -0.1) is 0 Å². The molecule has 0 aliphatic rings. The number of carbonyl (C=O) groups is 1. The molecule has 2 N–H and O–H groups in total. The highest BCUT2D eigenvalue weighted by Gasteiger charge is 2.22. The van der Waals surface area contributed by atoms with Crippen molar-refractivity contribution in [3.8, 4) is 0 Å². The molecule has 0 unspecified atom stereocenters. The molecule has 3 rings (SSSR count). The Kier molecular flexibility index (Phi) is 6.78. The summed E-state index contributed by atoms with van der Waals surface area (Å²) in [5.74, 6) is -0.885. The van der Waals surface area contributed by atoms with Gasteiger partial charge < -0.3 is 15.0 Å². The van der Waals surface area contributed by atoms with E-state index < -0.39 is 5.97 Å². The lowest BCUT2D eigenvalue weighted by atomic mass is 10.1. The number of aromatic nitrogens is 1. The van der Waals surface area contributed by atoms with Gasteiger partial charge >= 0.3 is 5.97 Å². The molecule has 0 saturated carbocycles. The van der Waals surface area contributed by atoms with Crippen molar-refractivity contribution in [2.75, 3.05) is 0 Å². The number of carboxylic acids is 1. The van der Waals surface area contributed by atoms with Gasteiger partial charge in [0, 0.05) is 41.6 Å². The number of carboxylic acid groups (broad SMARTS) is 1. The zero-order valence-corrected chi connectivity index (χ0v) is 17.9. The van der Waals surface area contributed by atoms with E-state index in [9.17, 15) is 9.90 Å². The number of nitrogens with one attached hydrogen (secondary N) is 1. The Labute approximate surface area is 177 Å². The van der Waals surface area contributed by atoms with E-state index in [-0.39, 0.29) is 0 Å². The average Bonchev–Trinajstić information content (AvgIpc) is 2.94. The van der Waals surface area contributed by atoms with E-state index in [1.165, 1.54) is 11.1 Å². The van der Waals surface area contributed by atoms with Crippen LogP contribution in [0.4, 0.5) is 0 Å². The zero-order chi connectivity index (χ0) is 21.0. The van der Waals surface area contributed by atoms with E-state index in [0.29, 0.717) is 30.2 Å². The van der Waals surface area contributed by atoms with Crippen LogP contribution < -0.4 is 5.32 Å². The fourth-order valence-electron chi connectivity index (χ4n) is 3.68. The maximum atomic E-state index is 12.0. The van der Waals surface area contributed by atoms with Gasteiger partial charge in [0.1, 0.15) is 0 Å². The number of benzene rings is 2. The highest BCUT2D eigenvalue weighted by atomic mass is 35.5. The summed E-state index contributed by atoms with van der Waals surface area (Å²) in [7, 11) is 0. The molecule has 0 spiro atoms. The van der Waals surface area contributed by atoms with Crippen molar-refractivity contribution in [1.82, 2.24) is 9.88 Å². The van der Waals surface area contributed by atoms with Crippen LogP contribution in [-0.4, -0.2) is 15.6 Å². The number of rotatable bonds is 8. The average molecular weight is 411 g/mol. The molecule has 0 amide bonds. The third-order valence-corrected chi connectivity index (χ3v) is 5.69. The van der Waals surface area contributed by atoms with Gasteiger partial charge in [-0.1, -0.05) is 54.9 Å². The van der Waals surface area contributed by atoms with E-state index in [1.807, 2.05) is 38.1 Å². The normalized spacial score (nSPS) is 11.0. The Bertz CT molecular complexity index is 989. The third-order valence-electron chi connectivity index (χ3n) is 5.44. The van der Waals surface area contributed by atoms with Crippen molar-refractivity contribution in [1.29, 1.82) is 0 Å². The van der Waals surface area contributed by atoms with E-state index >= 15 is 0 Å². The number of hydrogen-bond acceptors (Lipinski definition) is 2. The summed E-state index contributed by atoms with van der Waals surface area (Å²) in [4.78, 5) is 12.0. The number of hydrogen-bond donors (Lipinski definition) is 2. The van der Waals surface area contributed by atoms with E-state index in [4.69, 9.17) is 11.6 Å². The number of nitrogens with zero attached hydrogens (tertiary/aromatic N) is 1. The van der Waals surface area contributed by atoms with Gasteiger partial charge in [-0.05, 0) is 49.1 Å². The first kappa shape index (κ1) is 21.2. The van der Waals surface area contributed by atoms with Gasteiger partial charge in [-0.25, -0.2) is 4.79 Å². The molecular weight excluding hydrogens is 384 g/mol. The minimum atomic E-state index is -0.885. The van der Waals surface area contributed by atoms with Crippen LogP contribution in [0.2, 0.25) is 5.02 Å². The Hall–Kier alpha value is -2.56. The Morgan fingerprint density at radius 2 is 1.52 bits per heavy atom. The monoisotopic (exact) mass is 410 g/mol. The van der Waals surface area contributed by atoms with Crippen LogP contribution >= 0.6 is 11.6 Å². The summed E-state index contributed by atoms with van der Waals surface area (Å²) in [5.41, 5.74) is 6.57. The Morgan fingerprint density at radius 1 is 0.931 bits per heavy atom. The Morgan fingerprint density at radius 3 is 2.10 bits per heavy atom. The topological polar surface area (TPSA) is 54.3 Å². The molecule has 0 atom stereocenters. The van der Waals surface area contributed by atoms with Gasteiger partial charge in [0.15, 0.2) is 0 Å². The first-order valence-corrected chi connectivity index (χ1v) is 10.2. The van der Waals surface area contributed by atoms with Crippen molar-refractivity contribution in [2.24, 2.45) is 0 Å². The molecule has 1 aromatic heterocycles. The first-order valence-electron chi connectivity index (χ1n) is 9.85. The van der Waals surface area contributed by atoms with E-state index in [2.05, 4.69) is 41.1 Å². The predicted octanol–water partition coefficient (Wildman–Crippen LogP) is 5.36.